The monoisotopic (exact) mass is 1370 g/mol. The molecule has 506 valence electrons. The number of aliphatic carboxylic acids is 5. The van der Waals surface area contributed by atoms with E-state index in [1.807, 2.05) is 49.4 Å². The summed E-state index contributed by atoms with van der Waals surface area (Å²) in [5.41, 5.74) is 11.4. The first-order valence-corrected chi connectivity index (χ1v) is 29.0. The van der Waals surface area contributed by atoms with E-state index in [2.05, 4.69) is 26.1 Å². The van der Waals surface area contributed by atoms with Crippen molar-refractivity contribution in [3.8, 4) is 11.1 Å². The number of hydrogen-bond acceptors (Lipinski definition) is 14. The molecule has 0 aliphatic rings. The summed E-state index contributed by atoms with van der Waals surface area (Å²) in [5.74, 6) is -14.2. The van der Waals surface area contributed by atoms with Gasteiger partial charge in [0, 0.05) is 82.6 Å². The number of carbonyl (C=O) groups is 12. The Hall–Kier alpha value is -6.79. The van der Waals surface area contributed by atoms with Crippen molar-refractivity contribution in [1.82, 2.24) is 26.1 Å². The number of nitrogens with one attached hydrogen (secondary N) is 4. The maximum atomic E-state index is 14.2. The van der Waals surface area contributed by atoms with Gasteiger partial charge in [-0.2, -0.15) is 72.6 Å². The topological polar surface area (TPSA) is 397 Å². The second-order valence-corrected chi connectivity index (χ2v) is 21.8. The molecule has 91 heavy (non-hydrogen) atoms. The van der Waals surface area contributed by atoms with E-state index < -0.39 is 160 Å². The normalized spacial score (nSPS) is 12.2. The van der Waals surface area contributed by atoms with Crippen LogP contribution in [0.2, 0.25) is 0 Å². The summed E-state index contributed by atoms with van der Waals surface area (Å²) in [6.07, 6.45) is 3.62. The van der Waals surface area contributed by atoms with Crippen LogP contribution >= 0.6 is 67.5 Å². The number of amides is 3. The summed E-state index contributed by atoms with van der Waals surface area (Å²) < 4.78 is 14.2. The fraction of sp³-hybridized carbons (Fsp3) is 0.500. The molecule has 0 aliphatic heterocycles. The van der Waals surface area contributed by atoms with Crippen LogP contribution in [0, 0.1) is 24.6 Å². The molecular weight excluding hydrogens is 1280 g/mol. The van der Waals surface area contributed by atoms with E-state index in [-0.39, 0.29) is 104 Å². The first-order valence-electron chi connectivity index (χ1n) is 29.0. The number of nitrogens with zero attached hydrogens (tertiary/aromatic N) is 1. The summed E-state index contributed by atoms with van der Waals surface area (Å²) in [6.45, 7) is 2.21. The second kappa shape index (κ2) is 45.5. The fourth-order valence-electron chi connectivity index (χ4n) is 9.86. The Balaban J connectivity index is 0. The number of carboxylic acid groups (broad SMARTS) is 5. The smallest absolute Gasteiger partial charge is 0.326 e. The number of unbranched alkanes of at least 4 members (excludes halogenated alkanes) is 8. The summed E-state index contributed by atoms with van der Waals surface area (Å²) in [5, 5.41) is 62.4. The van der Waals surface area contributed by atoms with Gasteiger partial charge in [0.05, 0.1) is 29.1 Å². The number of Topliss-reactive ketones (excluding diaryl/α,β-unsaturated/α-hetero) is 4. The van der Waals surface area contributed by atoms with Crippen molar-refractivity contribution in [2.75, 3.05) is 6.54 Å². The Labute approximate surface area is 562 Å². The van der Waals surface area contributed by atoms with Crippen molar-refractivity contribution in [1.29, 1.82) is 0 Å². The van der Waals surface area contributed by atoms with Gasteiger partial charge in [-0.05, 0) is 79.8 Å². The molecule has 0 spiro atoms. The van der Waals surface area contributed by atoms with Crippen molar-refractivity contribution in [3.05, 3.63) is 88.9 Å². The molecule has 0 bridgehead atoms. The third kappa shape index (κ3) is 32.4. The van der Waals surface area contributed by atoms with Crippen LogP contribution in [0.5, 0.6) is 0 Å². The van der Waals surface area contributed by atoms with Gasteiger partial charge in [0.15, 0.2) is 5.78 Å². The van der Waals surface area contributed by atoms with E-state index in [1.165, 1.54) is 6.07 Å². The zero-order chi connectivity index (χ0) is 63.3. The highest BCUT2D eigenvalue weighted by Gasteiger charge is 2.30. The number of benzene rings is 3. The number of rotatable bonds is 44. The maximum Gasteiger partial charge on any atom is 0.326 e. The van der Waals surface area contributed by atoms with E-state index in [4.69, 9.17) is 10.8 Å². The number of aromatic nitrogens is 2. The van der Waals surface area contributed by atoms with E-state index in [0.717, 1.165) is 90.2 Å². The van der Waals surface area contributed by atoms with Crippen molar-refractivity contribution in [2.24, 2.45) is 17.6 Å². The number of nitrogens with two attached hydrogens (primary N) is 1. The highest BCUT2D eigenvalue weighted by atomic mass is 32.1. The van der Waals surface area contributed by atoms with Crippen LogP contribution in [0.25, 0.3) is 22.0 Å². The zero-order valence-corrected chi connectivity index (χ0v) is 55.9. The lowest BCUT2D eigenvalue weighted by molar-refractivity contribution is -0.145. The quantitative estimate of drug-likeness (QED) is 0.0197. The van der Waals surface area contributed by atoms with Gasteiger partial charge in [0.1, 0.15) is 35.3 Å². The molecule has 4 rings (SSSR count). The van der Waals surface area contributed by atoms with Crippen LogP contribution in [-0.4, -0.2) is 131 Å². The molecule has 0 saturated heterocycles. The number of H-pyrrole nitrogens is 1. The molecule has 0 saturated carbocycles. The molecule has 1 aromatic heterocycles. The Morgan fingerprint density at radius 3 is 1.63 bits per heavy atom. The standard InChI is InChI=1S/C62H79FN6O17.5H2S/c1-37-15-23-47(63)42(30-37)33-45(72)31-38-16-18-39(19-17-38)46-13-11-14-49-58(46)52(69-68-49)35-43(70)12-9-7-5-3-2-4-6-8-10-29-65-56(76)36-48(64)53(73)34-41(60(81)82)21-27-55(75)66-50(61(83)84)24-22-44(71)32-40(59(79)80)20-26-54(74)67-51(62(85)86)25-28-57(77)78;;;;;/h11,13-19,23,30,40-41,48,50-51H,2-10,12,20-22,24-29,31-36,64H2,1H3,(H,65,76)(H,66,75)(H,67,74)(H,68,69)(H,77,78)(H,79,80)(H,81,82)(H,83,84)(H,85,86);5*1H2/t40-,41-,48+,50+,51+;;;;;/m1...../s1. The molecule has 4 aromatic rings. The Morgan fingerprint density at radius 1 is 0.538 bits per heavy atom. The van der Waals surface area contributed by atoms with E-state index >= 15 is 0 Å². The van der Waals surface area contributed by atoms with Gasteiger partial charge in [-0.3, -0.25) is 53.0 Å². The minimum Gasteiger partial charge on any atom is -0.481 e. The molecule has 1 heterocycles. The lowest BCUT2D eigenvalue weighted by atomic mass is 9.93. The molecular formula is C62H89FN6O17S5. The molecule has 3 aromatic carbocycles. The number of fused-ring (bicyclic) bond motifs is 1. The second-order valence-electron chi connectivity index (χ2n) is 21.8. The van der Waals surface area contributed by atoms with Gasteiger partial charge in [0.25, 0.3) is 0 Å². The van der Waals surface area contributed by atoms with Crippen LogP contribution in [0.3, 0.4) is 0 Å². The first-order chi connectivity index (χ1) is 40.9. The van der Waals surface area contributed by atoms with E-state index in [1.54, 1.807) is 12.1 Å². The summed E-state index contributed by atoms with van der Waals surface area (Å²) in [4.78, 5) is 147. The maximum absolute atomic E-state index is 14.2. The van der Waals surface area contributed by atoms with Crippen LogP contribution in [0.1, 0.15) is 157 Å². The largest absolute Gasteiger partial charge is 0.481 e. The molecule has 0 radical (unpaired) electrons. The summed E-state index contributed by atoms with van der Waals surface area (Å²) in [7, 11) is 0. The van der Waals surface area contributed by atoms with Gasteiger partial charge in [-0.15, -0.1) is 0 Å². The third-order valence-electron chi connectivity index (χ3n) is 14.7. The summed E-state index contributed by atoms with van der Waals surface area (Å²) in [6, 6.07) is 13.7. The average Bonchev–Trinajstić information content (AvgIpc) is 1.79. The van der Waals surface area contributed by atoms with E-state index in [0.29, 0.717) is 24.9 Å². The lowest BCUT2D eigenvalue weighted by Gasteiger charge is -2.17. The predicted molar refractivity (Wildman–Crippen MR) is 363 cm³/mol. The number of aromatic amines is 1. The summed E-state index contributed by atoms with van der Waals surface area (Å²) >= 11 is 0. The predicted octanol–water partition coefficient (Wildman–Crippen LogP) is 7.11. The zero-order valence-electron chi connectivity index (χ0n) is 50.9. The number of ketones is 4. The first kappa shape index (κ1) is 86.3. The van der Waals surface area contributed by atoms with E-state index in [9.17, 15) is 82.4 Å². The van der Waals surface area contributed by atoms with Gasteiger partial charge < -0.3 is 47.2 Å². The average molecular weight is 1370 g/mol. The van der Waals surface area contributed by atoms with Gasteiger partial charge in [-0.1, -0.05) is 99.0 Å². The number of hydrogen-bond donors (Lipinski definition) is 10. The van der Waals surface area contributed by atoms with Crippen LogP contribution in [0.15, 0.2) is 60.7 Å². The highest BCUT2D eigenvalue weighted by Crippen LogP contribution is 2.31. The molecule has 0 fully saturated rings. The Bertz CT molecular complexity index is 3060. The number of halogens is 1. The third-order valence-corrected chi connectivity index (χ3v) is 14.7. The highest BCUT2D eigenvalue weighted by molar-refractivity contribution is 7.60. The molecule has 11 N–H and O–H groups in total. The minimum atomic E-state index is -1.64. The molecule has 3 amide bonds. The van der Waals surface area contributed by atoms with Gasteiger partial charge in [0.2, 0.25) is 17.7 Å². The fourth-order valence-corrected chi connectivity index (χ4v) is 9.86. The molecule has 5 atom stereocenters. The molecule has 29 heteroatoms. The molecule has 0 unspecified atom stereocenters. The van der Waals surface area contributed by atoms with Crippen molar-refractivity contribution >= 4 is 149 Å². The number of carboxylic acids is 5. The van der Waals surface area contributed by atoms with Crippen molar-refractivity contribution < 1.29 is 87.5 Å². The number of carbonyl (C=O) groups excluding carboxylic acids is 7. The van der Waals surface area contributed by atoms with Crippen molar-refractivity contribution in [2.45, 2.75) is 179 Å². The van der Waals surface area contributed by atoms with Gasteiger partial charge in [-0.25, -0.2) is 14.0 Å². The lowest BCUT2D eigenvalue weighted by Crippen LogP contribution is -2.41. The Kier molecular flexibility index (Phi) is 43.1. The van der Waals surface area contributed by atoms with Crippen molar-refractivity contribution in [3.63, 3.8) is 0 Å². The minimum absolute atomic E-state index is 0. The molecule has 0 aliphatic carbocycles. The van der Waals surface area contributed by atoms with Gasteiger partial charge >= 0.3 is 29.8 Å². The van der Waals surface area contributed by atoms with Crippen LogP contribution < -0.4 is 21.7 Å². The molecule has 23 nitrogen and oxygen atoms in total. The number of aryl methyl sites for hydroxylation is 1. The Morgan fingerprint density at radius 2 is 1.08 bits per heavy atom. The van der Waals surface area contributed by atoms with Crippen LogP contribution in [-0.2, 0) is 76.8 Å². The SMILES string of the molecule is Cc1ccc(F)c(CC(=O)Cc2ccc(-c3cccc4n[nH]c(CC(=O)CCCCCCCCCCCNC(=O)C[C@H](N)C(=O)C[C@@H](CCC(=O)N[C@@H](CCC(=O)C[C@@H](CCC(=O)N[C@@H](CCC(=O)O)C(=O)O)C(=O)O)C(=O)O)C(=O)O)c34)cc2)c1.S.S.S.S.S. The van der Waals surface area contributed by atoms with Crippen LogP contribution in [0.4, 0.5) is 4.39 Å².